The Balaban J connectivity index is 2.48. The van der Waals surface area contributed by atoms with Crippen molar-refractivity contribution in [3.63, 3.8) is 0 Å². The molecule has 0 amide bonds. The summed E-state index contributed by atoms with van der Waals surface area (Å²) >= 11 is 0. The van der Waals surface area contributed by atoms with E-state index in [1.54, 1.807) is 12.1 Å². The molecule has 21 heavy (non-hydrogen) atoms. The number of nitrogens with zero attached hydrogens (tertiary/aromatic N) is 2. The lowest BCUT2D eigenvalue weighted by Gasteiger charge is -2.08. The van der Waals surface area contributed by atoms with Crippen molar-refractivity contribution in [3.05, 3.63) is 58.0 Å². The van der Waals surface area contributed by atoms with Crippen LogP contribution >= 0.6 is 0 Å². The minimum atomic E-state index is -4.09. The van der Waals surface area contributed by atoms with E-state index in [4.69, 9.17) is 0 Å². The summed E-state index contributed by atoms with van der Waals surface area (Å²) < 4.78 is 40.0. The van der Waals surface area contributed by atoms with Crippen LogP contribution in [0.3, 0.4) is 0 Å². The number of nitro groups is 1. The van der Waals surface area contributed by atoms with Gasteiger partial charge in [-0.15, -0.1) is 0 Å². The van der Waals surface area contributed by atoms with E-state index in [0.717, 1.165) is 6.07 Å². The van der Waals surface area contributed by atoms with E-state index < -0.39 is 31.3 Å². The molecule has 2 aromatic rings. The Labute approximate surface area is 119 Å². The normalized spacial score (nSPS) is 11.1. The fraction of sp³-hybridized carbons (Fsp3) is 0.0833. The number of pyridine rings is 1. The second-order valence-corrected chi connectivity index (χ2v) is 5.83. The van der Waals surface area contributed by atoms with Gasteiger partial charge in [-0.05, 0) is 30.7 Å². The number of benzene rings is 1. The number of anilines is 1. The van der Waals surface area contributed by atoms with Crippen LogP contribution in [0.2, 0.25) is 0 Å². The van der Waals surface area contributed by atoms with Gasteiger partial charge in [-0.1, -0.05) is 6.07 Å². The molecule has 0 unspecified atom stereocenters. The third kappa shape index (κ3) is 3.14. The Bertz CT molecular complexity index is 794. The number of nitrogens with one attached hydrogen (secondary N) is 1. The summed E-state index contributed by atoms with van der Waals surface area (Å²) in [5.41, 5.74) is -1.03. The Hall–Kier alpha value is -2.55. The molecule has 0 saturated carbocycles. The smallest absolute Gasteiger partial charge is 0.263 e. The van der Waals surface area contributed by atoms with Gasteiger partial charge in [-0.2, -0.15) is 4.39 Å². The lowest BCUT2D eigenvalue weighted by Crippen LogP contribution is -2.14. The summed E-state index contributed by atoms with van der Waals surface area (Å²) in [6.45, 7) is 1.25. The average Bonchev–Trinajstić information content (AvgIpc) is 2.41. The summed E-state index contributed by atoms with van der Waals surface area (Å²) in [4.78, 5) is 13.2. The van der Waals surface area contributed by atoms with Crippen LogP contribution in [0.1, 0.15) is 5.56 Å². The number of aryl methyl sites for hydroxylation is 1. The van der Waals surface area contributed by atoms with Crippen LogP contribution in [0.4, 0.5) is 15.9 Å². The van der Waals surface area contributed by atoms with Crippen LogP contribution < -0.4 is 4.72 Å². The highest BCUT2D eigenvalue weighted by Crippen LogP contribution is 2.26. The number of hydrogen-bond acceptors (Lipinski definition) is 5. The molecule has 1 N–H and O–H groups in total. The van der Waals surface area contributed by atoms with Crippen molar-refractivity contribution in [2.24, 2.45) is 0 Å². The lowest BCUT2D eigenvalue weighted by atomic mass is 10.2. The largest absolute Gasteiger partial charge is 0.306 e. The molecule has 110 valence electrons. The number of rotatable bonds is 4. The van der Waals surface area contributed by atoms with Gasteiger partial charge in [0.05, 0.1) is 9.82 Å². The van der Waals surface area contributed by atoms with Crippen molar-refractivity contribution in [1.29, 1.82) is 0 Å². The molecule has 0 aliphatic heterocycles. The Kier molecular flexibility index (Phi) is 3.85. The first-order valence-electron chi connectivity index (χ1n) is 5.69. The van der Waals surface area contributed by atoms with Crippen LogP contribution in [0, 0.1) is 22.9 Å². The fourth-order valence-electron chi connectivity index (χ4n) is 1.63. The number of hydrogen-bond donors (Lipinski definition) is 1. The molecule has 7 nitrogen and oxygen atoms in total. The minimum Gasteiger partial charge on any atom is -0.263 e. The van der Waals surface area contributed by atoms with Crippen molar-refractivity contribution in [2.45, 2.75) is 11.8 Å². The van der Waals surface area contributed by atoms with Crippen LogP contribution in [0.5, 0.6) is 0 Å². The van der Waals surface area contributed by atoms with E-state index in [0.29, 0.717) is 6.07 Å². The highest BCUT2D eigenvalue weighted by molar-refractivity contribution is 7.92. The average molecular weight is 311 g/mol. The van der Waals surface area contributed by atoms with Crippen LogP contribution in [0.15, 0.2) is 41.4 Å². The Morgan fingerprint density at radius 2 is 2.05 bits per heavy atom. The SMILES string of the molecule is Cc1cc(S(=O)(=O)Nc2ccccn2)cc([N+](=O)[O-])c1F. The first kappa shape index (κ1) is 14.9. The highest BCUT2D eigenvalue weighted by Gasteiger charge is 2.24. The second-order valence-electron chi connectivity index (χ2n) is 4.15. The standard InChI is InChI=1S/C12H10FN3O4S/c1-8-6-9(7-10(12(8)13)16(17)18)21(19,20)15-11-4-2-3-5-14-11/h2-7H,1H3,(H,14,15). The fourth-order valence-corrected chi connectivity index (χ4v) is 2.74. The molecule has 1 aromatic heterocycles. The molecular formula is C12H10FN3O4S. The predicted octanol–water partition coefficient (Wildman–Crippen LogP) is 2.24. The zero-order valence-electron chi connectivity index (χ0n) is 10.8. The maximum absolute atomic E-state index is 13.6. The van der Waals surface area contributed by atoms with Gasteiger partial charge in [0, 0.05) is 12.3 Å². The molecule has 0 radical (unpaired) electrons. The molecule has 2 rings (SSSR count). The summed E-state index contributed by atoms with van der Waals surface area (Å²) in [6, 6.07) is 6.29. The molecule has 1 aromatic carbocycles. The molecule has 1 heterocycles. The van der Waals surface area contributed by atoms with Crippen molar-refractivity contribution >= 4 is 21.5 Å². The third-order valence-corrected chi connectivity index (χ3v) is 3.95. The zero-order valence-corrected chi connectivity index (χ0v) is 11.6. The molecule has 0 bridgehead atoms. The lowest BCUT2D eigenvalue weighted by molar-refractivity contribution is -0.387. The zero-order chi connectivity index (χ0) is 15.6. The first-order valence-corrected chi connectivity index (χ1v) is 7.18. The van der Waals surface area contributed by atoms with E-state index in [1.165, 1.54) is 19.2 Å². The molecule has 9 heteroatoms. The minimum absolute atomic E-state index is 0.0575. The molecular weight excluding hydrogens is 301 g/mol. The van der Waals surface area contributed by atoms with Gasteiger partial charge >= 0.3 is 5.69 Å². The van der Waals surface area contributed by atoms with Crippen LogP contribution in [0.25, 0.3) is 0 Å². The van der Waals surface area contributed by atoms with Gasteiger partial charge in [0.1, 0.15) is 5.82 Å². The van der Waals surface area contributed by atoms with E-state index in [1.807, 2.05) is 0 Å². The topological polar surface area (TPSA) is 102 Å². The molecule has 0 aliphatic rings. The Morgan fingerprint density at radius 3 is 2.62 bits per heavy atom. The van der Waals surface area contributed by atoms with Crippen molar-refractivity contribution in [3.8, 4) is 0 Å². The van der Waals surface area contributed by atoms with E-state index in [9.17, 15) is 22.9 Å². The molecule has 0 spiro atoms. The number of aromatic nitrogens is 1. The number of nitro benzene ring substituents is 1. The second kappa shape index (κ2) is 5.44. The van der Waals surface area contributed by atoms with Gasteiger partial charge in [0.2, 0.25) is 5.82 Å². The number of sulfonamides is 1. The number of halogens is 1. The highest BCUT2D eigenvalue weighted by atomic mass is 32.2. The van der Waals surface area contributed by atoms with Gasteiger partial charge in [0.15, 0.2) is 0 Å². The molecule has 0 aliphatic carbocycles. The van der Waals surface area contributed by atoms with Gasteiger partial charge in [-0.25, -0.2) is 13.4 Å². The summed E-state index contributed by atoms with van der Waals surface area (Å²) in [5, 5.41) is 10.7. The van der Waals surface area contributed by atoms with E-state index >= 15 is 0 Å². The maximum Gasteiger partial charge on any atom is 0.306 e. The van der Waals surface area contributed by atoms with Crippen molar-refractivity contribution < 1.29 is 17.7 Å². The molecule has 0 saturated heterocycles. The summed E-state index contributed by atoms with van der Waals surface area (Å²) in [6.07, 6.45) is 1.39. The van der Waals surface area contributed by atoms with Crippen LogP contribution in [-0.2, 0) is 10.0 Å². The molecule has 0 fully saturated rings. The first-order chi connectivity index (χ1) is 9.81. The summed E-state index contributed by atoms with van der Waals surface area (Å²) in [5.74, 6) is -1.00. The van der Waals surface area contributed by atoms with Gasteiger partial charge < -0.3 is 0 Å². The van der Waals surface area contributed by atoms with E-state index in [-0.39, 0.29) is 11.4 Å². The third-order valence-electron chi connectivity index (χ3n) is 2.62. The van der Waals surface area contributed by atoms with E-state index in [2.05, 4.69) is 9.71 Å². The summed E-state index contributed by atoms with van der Waals surface area (Å²) in [7, 11) is -4.09. The van der Waals surface area contributed by atoms with Gasteiger partial charge in [0.25, 0.3) is 10.0 Å². The van der Waals surface area contributed by atoms with Crippen LogP contribution in [-0.4, -0.2) is 18.3 Å². The molecule has 0 atom stereocenters. The van der Waals surface area contributed by atoms with Crippen molar-refractivity contribution in [2.75, 3.05) is 4.72 Å². The van der Waals surface area contributed by atoms with Gasteiger partial charge in [-0.3, -0.25) is 14.8 Å². The van der Waals surface area contributed by atoms with Crippen molar-refractivity contribution in [1.82, 2.24) is 4.98 Å². The maximum atomic E-state index is 13.6. The quantitative estimate of drug-likeness (QED) is 0.689. The monoisotopic (exact) mass is 311 g/mol. The Morgan fingerprint density at radius 1 is 1.33 bits per heavy atom. The predicted molar refractivity (Wildman–Crippen MR) is 72.8 cm³/mol.